The lowest BCUT2D eigenvalue weighted by atomic mass is 10.3. The normalized spacial score (nSPS) is 11.7. The van der Waals surface area contributed by atoms with Crippen molar-refractivity contribution in [2.24, 2.45) is 4.99 Å². The highest BCUT2D eigenvalue weighted by Crippen LogP contribution is 2.33. The highest BCUT2D eigenvalue weighted by Gasteiger charge is 2.14. The number of nitrogens with zero attached hydrogens (tertiary/aromatic N) is 3. The zero-order chi connectivity index (χ0) is 17.1. The second-order valence-electron chi connectivity index (χ2n) is 4.75. The number of allylic oxidation sites excluding steroid dienone is 1. The summed E-state index contributed by atoms with van der Waals surface area (Å²) in [6, 6.07) is 5.19. The van der Waals surface area contributed by atoms with E-state index in [9.17, 15) is 4.79 Å². The van der Waals surface area contributed by atoms with Gasteiger partial charge in [-0.25, -0.2) is 0 Å². The van der Waals surface area contributed by atoms with Crippen LogP contribution in [0.1, 0.15) is 10.6 Å². The largest absolute Gasteiger partial charge is 0.493 e. The van der Waals surface area contributed by atoms with E-state index in [-0.39, 0.29) is 5.76 Å². The Labute approximate surface area is 141 Å². The number of methoxy groups -OCH3 is 2. The Morgan fingerprint density at radius 2 is 2.17 bits per heavy atom. The Morgan fingerprint density at radius 1 is 1.42 bits per heavy atom. The molecule has 3 rings (SSSR count). The van der Waals surface area contributed by atoms with E-state index < -0.39 is 5.91 Å². The Morgan fingerprint density at radius 3 is 2.79 bits per heavy atom. The molecule has 1 amide bonds. The van der Waals surface area contributed by atoms with Gasteiger partial charge in [0.05, 0.1) is 30.6 Å². The van der Waals surface area contributed by atoms with Crippen molar-refractivity contribution in [2.45, 2.75) is 6.54 Å². The van der Waals surface area contributed by atoms with Crippen LogP contribution in [0.2, 0.25) is 0 Å². The monoisotopic (exact) mass is 345 g/mol. The summed E-state index contributed by atoms with van der Waals surface area (Å²) in [5.41, 5.74) is 0.877. The summed E-state index contributed by atoms with van der Waals surface area (Å²) in [7, 11) is 3.15. The summed E-state index contributed by atoms with van der Waals surface area (Å²) in [5, 5.41) is 3.52. The maximum absolute atomic E-state index is 12.2. The fraction of sp³-hybridized carbons (Fsp3) is 0.188. The van der Waals surface area contributed by atoms with Gasteiger partial charge >= 0.3 is 5.91 Å². The highest BCUT2D eigenvalue weighted by atomic mass is 32.1. The molecule has 8 heteroatoms. The number of amides is 1. The predicted molar refractivity (Wildman–Crippen MR) is 89.5 cm³/mol. The first-order valence-corrected chi connectivity index (χ1v) is 7.85. The van der Waals surface area contributed by atoms with E-state index in [0.29, 0.717) is 22.8 Å². The van der Waals surface area contributed by atoms with Gasteiger partial charge in [-0.2, -0.15) is 4.99 Å². The Bertz CT molecular complexity index is 954. The van der Waals surface area contributed by atoms with E-state index in [1.807, 2.05) is 16.7 Å². The number of hydrogen-bond donors (Lipinski definition) is 0. The SMILES string of the molecule is C=CCn1c(=NC(=O)c2ccno2)sc2cc(OC)c(OC)cc21. The lowest BCUT2D eigenvalue weighted by Gasteiger charge is -2.08. The van der Waals surface area contributed by atoms with E-state index in [1.54, 1.807) is 20.3 Å². The molecule has 2 aromatic heterocycles. The second-order valence-corrected chi connectivity index (χ2v) is 5.76. The number of aromatic nitrogens is 2. The summed E-state index contributed by atoms with van der Waals surface area (Å²) >= 11 is 1.37. The summed E-state index contributed by atoms with van der Waals surface area (Å²) in [6.45, 7) is 4.26. The molecule has 7 nitrogen and oxygen atoms in total. The van der Waals surface area contributed by atoms with Gasteiger partial charge in [-0.05, 0) is 0 Å². The van der Waals surface area contributed by atoms with Crippen molar-refractivity contribution in [3.63, 3.8) is 0 Å². The summed E-state index contributed by atoms with van der Waals surface area (Å²) < 4.78 is 18.3. The van der Waals surface area contributed by atoms with Crippen molar-refractivity contribution in [2.75, 3.05) is 14.2 Å². The fourth-order valence-electron chi connectivity index (χ4n) is 2.26. The van der Waals surface area contributed by atoms with Gasteiger partial charge in [0.15, 0.2) is 16.3 Å². The van der Waals surface area contributed by atoms with E-state index in [0.717, 1.165) is 10.2 Å². The van der Waals surface area contributed by atoms with Crippen molar-refractivity contribution < 1.29 is 18.8 Å². The first kappa shape index (κ1) is 16.0. The van der Waals surface area contributed by atoms with Gasteiger partial charge in [0.25, 0.3) is 0 Å². The molecule has 0 spiro atoms. The zero-order valence-corrected chi connectivity index (χ0v) is 14.0. The number of carbonyl (C=O) groups excluding carboxylic acids is 1. The van der Waals surface area contributed by atoms with Crippen LogP contribution in [0.4, 0.5) is 0 Å². The van der Waals surface area contributed by atoms with Gasteiger partial charge < -0.3 is 18.6 Å². The Kier molecular flexibility index (Phi) is 4.48. The minimum atomic E-state index is -0.490. The number of fused-ring (bicyclic) bond motifs is 1. The van der Waals surface area contributed by atoms with Crippen LogP contribution in [0, 0.1) is 0 Å². The first-order valence-electron chi connectivity index (χ1n) is 7.04. The van der Waals surface area contributed by atoms with Crippen molar-refractivity contribution in [1.82, 2.24) is 9.72 Å². The van der Waals surface area contributed by atoms with Crippen LogP contribution in [0.15, 0.2) is 46.6 Å². The van der Waals surface area contributed by atoms with Crippen LogP contribution in [0.25, 0.3) is 10.2 Å². The minimum Gasteiger partial charge on any atom is -0.493 e. The molecule has 0 bridgehead atoms. The lowest BCUT2D eigenvalue weighted by Crippen LogP contribution is -2.16. The third-order valence-electron chi connectivity index (χ3n) is 3.35. The molecule has 0 atom stereocenters. The molecule has 0 aliphatic heterocycles. The van der Waals surface area contributed by atoms with Crippen LogP contribution in [-0.2, 0) is 6.54 Å². The van der Waals surface area contributed by atoms with Crippen LogP contribution >= 0.6 is 11.3 Å². The molecule has 1 aromatic carbocycles. The average molecular weight is 345 g/mol. The van der Waals surface area contributed by atoms with E-state index >= 15 is 0 Å². The number of hydrogen-bond acceptors (Lipinski definition) is 6. The second kappa shape index (κ2) is 6.71. The Hall–Kier alpha value is -2.87. The standard InChI is InChI=1S/C16H15N3O4S/c1-4-7-19-10-8-12(21-2)13(22-3)9-14(10)24-16(19)18-15(20)11-5-6-17-23-11/h4-6,8-9H,1,7H2,2-3H3. The summed E-state index contributed by atoms with van der Waals surface area (Å²) in [5.74, 6) is 0.822. The third-order valence-corrected chi connectivity index (χ3v) is 4.39. The molecule has 0 radical (unpaired) electrons. The molecule has 0 aliphatic carbocycles. The van der Waals surface area contributed by atoms with Gasteiger partial charge in [0.2, 0.25) is 5.76 Å². The molecule has 2 heterocycles. The molecule has 124 valence electrons. The molecule has 0 fully saturated rings. The number of benzene rings is 1. The minimum absolute atomic E-state index is 0.0905. The molecule has 0 unspecified atom stereocenters. The molecular formula is C16H15N3O4S. The molecule has 0 N–H and O–H groups in total. The highest BCUT2D eigenvalue weighted by molar-refractivity contribution is 7.16. The smallest absolute Gasteiger partial charge is 0.318 e. The summed E-state index contributed by atoms with van der Waals surface area (Å²) in [6.07, 6.45) is 3.14. The van der Waals surface area contributed by atoms with E-state index in [2.05, 4.69) is 16.7 Å². The lowest BCUT2D eigenvalue weighted by molar-refractivity contribution is 0.0962. The number of carbonyl (C=O) groups is 1. The first-order chi connectivity index (χ1) is 11.7. The molecule has 0 saturated carbocycles. The molecule has 3 aromatic rings. The van der Waals surface area contributed by atoms with Crippen LogP contribution in [-0.4, -0.2) is 29.9 Å². The van der Waals surface area contributed by atoms with Gasteiger partial charge in [0, 0.05) is 24.7 Å². The topological polar surface area (TPSA) is 78.9 Å². The van der Waals surface area contributed by atoms with Crippen molar-refractivity contribution >= 4 is 27.5 Å². The number of thiazole rings is 1. The van der Waals surface area contributed by atoms with E-state index in [1.165, 1.54) is 23.6 Å². The third kappa shape index (κ3) is 2.83. The van der Waals surface area contributed by atoms with Gasteiger partial charge in [-0.1, -0.05) is 22.6 Å². The maximum Gasteiger partial charge on any atom is 0.318 e. The predicted octanol–water partition coefficient (Wildman–Crippen LogP) is 2.64. The van der Waals surface area contributed by atoms with Crippen LogP contribution in [0.3, 0.4) is 0 Å². The molecule has 0 aliphatic rings. The van der Waals surface area contributed by atoms with Crippen molar-refractivity contribution in [1.29, 1.82) is 0 Å². The van der Waals surface area contributed by atoms with Gasteiger partial charge in [-0.3, -0.25) is 4.79 Å². The molecule has 0 saturated heterocycles. The fourth-order valence-corrected chi connectivity index (χ4v) is 3.30. The van der Waals surface area contributed by atoms with Crippen molar-refractivity contribution in [3.05, 3.63) is 47.6 Å². The maximum atomic E-state index is 12.2. The summed E-state index contributed by atoms with van der Waals surface area (Å²) in [4.78, 5) is 16.8. The molecule has 24 heavy (non-hydrogen) atoms. The Balaban J connectivity index is 2.22. The number of rotatable bonds is 5. The quantitative estimate of drug-likeness (QED) is 0.664. The van der Waals surface area contributed by atoms with Crippen molar-refractivity contribution in [3.8, 4) is 11.5 Å². The van der Waals surface area contributed by atoms with Crippen LogP contribution in [0.5, 0.6) is 11.5 Å². The van der Waals surface area contributed by atoms with E-state index in [4.69, 9.17) is 14.0 Å². The van der Waals surface area contributed by atoms with Gasteiger partial charge in [-0.15, -0.1) is 6.58 Å². The zero-order valence-electron chi connectivity index (χ0n) is 13.2. The van der Waals surface area contributed by atoms with Crippen LogP contribution < -0.4 is 14.3 Å². The average Bonchev–Trinajstić information content (AvgIpc) is 3.23. The molecular weight excluding hydrogens is 330 g/mol. The number of ether oxygens (including phenoxy) is 2. The van der Waals surface area contributed by atoms with Gasteiger partial charge in [0.1, 0.15) is 0 Å².